The predicted octanol–water partition coefficient (Wildman–Crippen LogP) is -0.315. The molecule has 3 unspecified atom stereocenters. The van der Waals surface area contributed by atoms with E-state index in [1.807, 2.05) is 6.92 Å². The first-order valence-electron chi connectivity index (χ1n) is 5.38. The van der Waals surface area contributed by atoms with Crippen molar-refractivity contribution in [2.45, 2.75) is 25.6 Å². The maximum atomic E-state index is 12.1. The summed E-state index contributed by atoms with van der Waals surface area (Å²) in [5.41, 5.74) is 2.82. The van der Waals surface area contributed by atoms with Crippen molar-refractivity contribution in [2.75, 3.05) is 19.8 Å². The standard InChI is InChI=1S/C9H16N4O3S/c1-6-8(16-17(3)15)13(9(14)12(6)2)7-4-5-10-11-7/h6,8,10H,4-5H2,1-3H3. The minimum Gasteiger partial charge on any atom is -0.320 e. The SMILES string of the molecule is CC1C(OS(C)=O)N(C2=NNCC2)C(=O)N1C. The number of hydrogen-bond acceptors (Lipinski definition) is 5. The average Bonchev–Trinajstić information content (AvgIpc) is 2.84. The zero-order valence-corrected chi connectivity index (χ0v) is 10.9. The van der Waals surface area contributed by atoms with Gasteiger partial charge in [0.25, 0.3) is 0 Å². The van der Waals surface area contributed by atoms with E-state index in [1.54, 1.807) is 11.9 Å². The van der Waals surface area contributed by atoms with Gasteiger partial charge < -0.3 is 10.3 Å². The van der Waals surface area contributed by atoms with Crippen LogP contribution in [0.3, 0.4) is 0 Å². The second-order valence-electron chi connectivity index (χ2n) is 4.08. The molecule has 7 nitrogen and oxygen atoms in total. The van der Waals surface area contributed by atoms with Crippen LogP contribution in [0.15, 0.2) is 5.10 Å². The van der Waals surface area contributed by atoms with Gasteiger partial charge in [-0.15, -0.1) is 0 Å². The molecule has 1 fully saturated rings. The molecule has 17 heavy (non-hydrogen) atoms. The first-order chi connectivity index (χ1) is 8.02. The molecule has 0 radical (unpaired) electrons. The Morgan fingerprint density at radius 3 is 2.82 bits per heavy atom. The Balaban J connectivity index is 2.25. The molecule has 0 aliphatic carbocycles. The van der Waals surface area contributed by atoms with E-state index < -0.39 is 17.3 Å². The summed E-state index contributed by atoms with van der Waals surface area (Å²) in [6.07, 6.45) is 1.57. The van der Waals surface area contributed by atoms with Crippen molar-refractivity contribution in [3.63, 3.8) is 0 Å². The monoisotopic (exact) mass is 260 g/mol. The van der Waals surface area contributed by atoms with E-state index in [9.17, 15) is 9.00 Å². The lowest BCUT2D eigenvalue weighted by molar-refractivity contribution is 0.115. The van der Waals surface area contributed by atoms with Crippen LogP contribution in [-0.2, 0) is 15.3 Å². The second-order valence-corrected chi connectivity index (χ2v) is 5.07. The predicted molar refractivity (Wildman–Crippen MR) is 63.5 cm³/mol. The van der Waals surface area contributed by atoms with Crippen molar-refractivity contribution in [1.82, 2.24) is 15.2 Å². The summed E-state index contributed by atoms with van der Waals surface area (Å²) < 4.78 is 16.5. The fourth-order valence-corrected chi connectivity index (χ4v) is 2.45. The van der Waals surface area contributed by atoms with Gasteiger partial charge in [0.2, 0.25) is 0 Å². The zero-order chi connectivity index (χ0) is 12.6. The normalized spacial score (nSPS) is 30.5. The van der Waals surface area contributed by atoms with E-state index in [1.165, 1.54) is 11.2 Å². The summed E-state index contributed by atoms with van der Waals surface area (Å²) in [7, 11) is 1.70. The number of amides is 2. The van der Waals surface area contributed by atoms with E-state index in [2.05, 4.69) is 10.5 Å². The molecule has 8 heteroatoms. The van der Waals surface area contributed by atoms with Crippen LogP contribution in [-0.4, -0.2) is 58.0 Å². The van der Waals surface area contributed by atoms with Crippen LogP contribution < -0.4 is 5.43 Å². The van der Waals surface area contributed by atoms with Gasteiger partial charge in [-0.25, -0.2) is 13.9 Å². The lowest BCUT2D eigenvalue weighted by atomic mass is 10.3. The van der Waals surface area contributed by atoms with Crippen molar-refractivity contribution in [3.05, 3.63) is 0 Å². The number of likely N-dealkylation sites (N-methyl/N-ethyl adjacent to an activating group) is 1. The number of carbonyl (C=O) groups excluding carboxylic acids is 1. The van der Waals surface area contributed by atoms with E-state index in [4.69, 9.17) is 4.18 Å². The number of nitrogens with zero attached hydrogens (tertiary/aromatic N) is 3. The van der Waals surface area contributed by atoms with Crippen LogP contribution in [0.25, 0.3) is 0 Å². The van der Waals surface area contributed by atoms with Gasteiger partial charge in [-0.3, -0.25) is 4.18 Å². The number of amidine groups is 1. The third kappa shape index (κ3) is 2.14. The van der Waals surface area contributed by atoms with Gasteiger partial charge in [-0.2, -0.15) is 5.10 Å². The molecule has 0 aromatic carbocycles. The third-order valence-corrected chi connectivity index (χ3v) is 3.43. The highest BCUT2D eigenvalue weighted by molar-refractivity contribution is 7.79. The van der Waals surface area contributed by atoms with E-state index in [0.717, 1.165) is 0 Å². The summed E-state index contributed by atoms with van der Waals surface area (Å²) in [6.45, 7) is 2.57. The molecule has 0 aromatic rings. The van der Waals surface area contributed by atoms with Crippen LogP contribution in [0.4, 0.5) is 4.79 Å². The topological polar surface area (TPSA) is 74.2 Å². The van der Waals surface area contributed by atoms with Crippen molar-refractivity contribution < 1.29 is 13.2 Å². The van der Waals surface area contributed by atoms with Gasteiger partial charge in [-0.05, 0) is 6.92 Å². The van der Waals surface area contributed by atoms with E-state index >= 15 is 0 Å². The maximum absolute atomic E-state index is 12.1. The average molecular weight is 260 g/mol. The van der Waals surface area contributed by atoms with Crippen LogP contribution in [0.5, 0.6) is 0 Å². The lowest BCUT2D eigenvalue weighted by Crippen LogP contribution is -2.42. The fourth-order valence-electron chi connectivity index (χ4n) is 1.92. The lowest BCUT2D eigenvalue weighted by Gasteiger charge is -2.22. The highest BCUT2D eigenvalue weighted by Crippen LogP contribution is 2.25. The van der Waals surface area contributed by atoms with Crippen molar-refractivity contribution in [2.24, 2.45) is 5.10 Å². The molecule has 0 spiro atoms. The Morgan fingerprint density at radius 1 is 1.59 bits per heavy atom. The van der Waals surface area contributed by atoms with Crippen molar-refractivity contribution >= 4 is 22.9 Å². The zero-order valence-electron chi connectivity index (χ0n) is 10.0. The van der Waals surface area contributed by atoms with Crippen LogP contribution in [0.2, 0.25) is 0 Å². The number of hydrazone groups is 1. The smallest absolute Gasteiger partial charge is 0.320 e. The summed E-state index contributed by atoms with van der Waals surface area (Å²) in [5.74, 6) is 0.640. The summed E-state index contributed by atoms with van der Waals surface area (Å²) in [5, 5.41) is 4.06. The highest BCUT2D eigenvalue weighted by atomic mass is 32.2. The van der Waals surface area contributed by atoms with Gasteiger partial charge in [0, 0.05) is 26.3 Å². The summed E-state index contributed by atoms with van der Waals surface area (Å²) in [6, 6.07) is -0.329. The number of hydrogen-bond donors (Lipinski definition) is 1. The number of urea groups is 1. The molecule has 2 amide bonds. The first-order valence-corrected chi connectivity index (χ1v) is 6.86. The fraction of sp³-hybridized carbons (Fsp3) is 0.778. The molecule has 3 atom stereocenters. The largest absolute Gasteiger partial charge is 0.327 e. The molecule has 0 saturated carbocycles. The molecular formula is C9H16N4O3S. The van der Waals surface area contributed by atoms with Gasteiger partial charge in [0.15, 0.2) is 17.3 Å². The van der Waals surface area contributed by atoms with Crippen LogP contribution in [0, 0.1) is 0 Å². The molecule has 96 valence electrons. The second kappa shape index (κ2) is 4.61. The van der Waals surface area contributed by atoms with Crippen molar-refractivity contribution in [1.29, 1.82) is 0 Å². The van der Waals surface area contributed by atoms with E-state index in [0.29, 0.717) is 18.8 Å². The molecule has 2 rings (SSSR count). The number of nitrogens with one attached hydrogen (secondary N) is 1. The van der Waals surface area contributed by atoms with Gasteiger partial charge in [0.05, 0.1) is 6.04 Å². The van der Waals surface area contributed by atoms with Gasteiger partial charge >= 0.3 is 6.03 Å². The summed E-state index contributed by atoms with van der Waals surface area (Å²) >= 11 is -1.42. The van der Waals surface area contributed by atoms with E-state index in [-0.39, 0.29) is 12.1 Å². The molecule has 2 aliphatic heterocycles. The Hall–Kier alpha value is -1.15. The van der Waals surface area contributed by atoms with Gasteiger partial charge in [-0.1, -0.05) is 0 Å². The first kappa shape index (κ1) is 12.3. The van der Waals surface area contributed by atoms with Crippen molar-refractivity contribution in [3.8, 4) is 0 Å². The third-order valence-electron chi connectivity index (χ3n) is 2.97. The minimum absolute atomic E-state index is 0.158. The Morgan fingerprint density at radius 2 is 2.29 bits per heavy atom. The quantitative estimate of drug-likeness (QED) is 0.739. The Labute approximate surface area is 102 Å². The van der Waals surface area contributed by atoms with Gasteiger partial charge in [0.1, 0.15) is 5.84 Å². The molecule has 0 aromatic heterocycles. The number of rotatable bonds is 2. The number of carbonyl (C=O) groups is 1. The minimum atomic E-state index is -1.42. The maximum Gasteiger partial charge on any atom is 0.327 e. The molecular weight excluding hydrogens is 244 g/mol. The summed E-state index contributed by atoms with van der Waals surface area (Å²) in [4.78, 5) is 15.1. The molecule has 1 saturated heterocycles. The Bertz CT molecular complexity index is 386. The van der Waals surface area contributed by atoms with Crippen LogP contribution >= 0.6 is 0 Å². The molecule has 2 aliphatic rings. The van der Waals surface area contributed by atoms with Crippen LogP contribution in [0.1, 0.15) is 13.3 Å². The molecule has 1 N–H and O–H groups in total. The highest BCUT2D eigenvalue weighted by Gasteiger charge is 2.45. The Kier molecular flexibility index (Phi) is 3.34. The molecule has 0 bridgehead atoms. The molecule has 2 heterocycles.